The molecular formula is C30H53N3O2. The van der Waals surface area contributed by atoms with Crippen molar-refractivity contribution in [2.24, 2.45) is 5.92 Å². The van der Waals surface area contributed by atoms with Crippen molar-refractivity contribution in [2.45, 2.75) is 73.1 Å². The van der Waals surface area contributed by atoms with Gasteiger partial charge in [0.1, 0.15) is 5.76 Å². The summed E-state index contributed by atoms with van der Waals surface area (Å²) in [5, 5.41) is 7.00. The molecule has 3 N–H and O–H groups in total. The van der Waals surface area contributed by atoms with Gasteiger partial charge in [-0.2, -0.15) is 0 Å². The highest BCUT2D eigenvalue weighted by atomic mass is 16.5. The molecule has 1 aliphatic rings. The molecule has 0 radical (unpaired) electrons. The lowest BCUT2D eigenvalue weighted by atomic mass is 9.95. The Balaban J connectivity index is 0.00000274. The molecule has 1 heterocycles. The number of hydrogen-bond acceptors (Lipinski definition) is 5. The van der Waals surface area contributed by atoms with E-state index in [-0.39, 0.29) is 0 Å². The number of methoxy groups -OCH3 is 1. The molecule has 1 aromatic rings. The van der Waals surface area contributed by atoms with Crippen LogP contribution in [-0.2, 0) is 11.2 Å². The van der Waals surface area contributed by atoms with E-state index < -0.39 is 0 Å². The van der Waals surface area contributed by atoms with Crippen molar-refractivity contribution in [3.8, 4) is 0 Å². The summed E-state index contributed by atoms with van der Waals surface area (Å²) < 4.78 is 5.56. The van der Waals surface area contributed by atoms with Crippen LogP contribution in [0.5, 0.6) is 0 Å². The van der Waals surface area contributed by atoms with Crippen molar-refractivity contribution in [1.82, 2.24) is 4.90 Å². The number of rotatable bonds is 12. The van der Waals surface area contributed by atoms with Crippen LogP contribution in [0.25, 0.3) is 0 Å². The van der Waals surface area contributed by atoms with Gasteiger partial charge in [0, 0.05) is 44.7 Å². The molecule has 1 unspecified atom stereocenters. The lowest BCUT2D eigenvalue weighted by Crippen LogP contribution is -2.46. The molecule has 200 valence electrons. The maximum atomic E-state index is 7.00. The number of aliphatic hydroxyl groups is 1. The van der Waals surface area contributed by atoms with Crippen LogP contribution in [0.2, 0.25) is 0 Å². The molecule has 0 aliphatic carbocycles. The van der Waals surface area contributed by atoms with Gasteiger partial charge in [-0.3, -0.25) is 0 Å². The first kappa shape index (κ1) is 32.6. The molecule has 0 aromatic heterocycles. The molecule has 1 saturated heterocycles. The Morgan fingerprint density at radius 3 is 2.34 bits per heavy atom. The average Bonchev–Trinajstić information content (AvgIpc) is 2.91. The summed E-state index contributed by atoms with van der Waals surface area (Å²) in [6.45, 7) is 18.4. The van der Waals surface area contributed by atoms with Gasteiger partial charge in [-0.25, -0.2) is 0 Å². The number of nitrogen functional groups attached to an aromatic ring is 1. The van der Waals surface area contributed by atoms with E-state index in [0.717, 1.165) is 62.8 Å². The highest BCUT2D eigenvalue weighted by molar-refractivity contribution is 5.59. The van der Waals surface area contributed by atoms with Crippen molar-refractivity contribution < 1.29 is 9.84 Å². The van der Waals surface area contributed by atoms with Crippen molar-refractivity contribution in [3.63, 3.8) is 0 Å². The average molecular weight is 488 g/mol. The van der Waals surface area contributed by atoms with Gasteiger partial charge in [-0.1, -0.05) is 66.0 Å². The standard InChI is InChI=1S/C27H43N3O.C2H6.CH4O/c1-6-9-10-12-22(4)13-14-23-21-24(15-16-25(23)28)29-17-19-30(20-18-29)26(11-7-2)27(8-3)31-5;2*1-2/h7-8,11,15-16,21-22H,2,6,9-10,12-14,17-20,28H2,1,3-5H3;1-2H3;2H,1H3/b26-11+,27-8+;;. The number of ether oxygens (including phenoxy) is 1. The first-order valence-corrected chi connectivity index (χ1v) is 13.4. The van der Waals surface area contributed by atoms with Gasteiger partial charge in [0.05, 0.1) is 12.8 Å². The third-order valence-corrected chi connectivity index (χ3v) is 6.33. The second-order valence-corrected chi connectivity index (χ2v) is 8.64. The summed E-state index contributed by atoms with van der Waals surface area (Å²) in [7, 11) is 2.73. The van der Waals surface area contributed by atoms with Crippen LogP contribution in [0.1, 0.15) is 72.3 Å². The predicted octanol–water partition coefficient (Wildman–Crippen LogP) is 6.79. The molecule has 35 heavy (non-hydrogen) atoms. The van der Waals surface area contributed by atoms with Gasteiger partial charge in [0.15, 0.2) is 0 Å². The highest BCUT2D eigenvalue weighted by Gasteiger charge is 2.21. The van der Waals surface area contributed by atoms with E-state index in [1.165, 1.54) is 43.4 Å². The SMILES string of the molecule is C=C/C=C(\C(=C/C)OC)N1CCN(c2ccc(N)c(CCC(C)CCCCC)c2)CC1.CC.CO. The fourth-order valence-corrected chi connectivity index (χ4v) is 4.33. The molecule has 0 amide bonds. The number of piperazine rings is 1. The number of nitrogens with zero attached hydrogens (tertiary/aromatic N) is 2. The van der Waals surface area contributed by atoms with Crippen LogP contribution >= 0.6 is 0 Å². The Labute approximate surface area is 216 Å². The second-order valence-electron chi connectivity index (χ2n) is 8.64. The van der Waals surface area contributed by atoms with Gasteiger partial charge in [-0.05, 0) is 61.6 Å². The fraction of sp³-hybridized carbons (Fsp3) is 0.600. The summed E-state index contributed by atoms with van der Waals surface area (Å²) in [4.78, 5) is 4.85. The normalized spacial score (nSPS) is 14.9. The molecule has 1 aliphatic heterocycles. The van der Waals surface area contributed by atoms with Crippen molar-refractivity contribution in [3.05, 3.63) is 60.0 Å². The summed E-state index contributed by atoms with van der Waals surface area (Å²) in [5.41, 5.74) is 10.9. The van der Waals surface area contributed by atoms with Crippen molar-refractivity contribution in [2.75, 3.05) is 51.0 Å². The molecule has 2 rings (SSSR count). The first-order valence-electron chi connectivity index (χ1n) is 13.4. The molecule has 1 fully saturated rings. The zero-order chi connectivity index (χ0) is 26.6. The number of allylic oxidation sites excluding steroid dienone is 3. The van der Waals surface area contributed by atoms with Crippen LogP contribution < -0.4 is 10.6 Å². The van der Waals surface area contributed by atoms with Crippen LogP contribution in [0.3, 0.4) is 0 Å². The number of anilines is 2. The Morgan fingerprint density at radius 2 is 1.80 bits per heavy atom. The number of nitrogens with two attached hydrogens (primary N) is 1. The summed E-state index contributed by atoms with van der Waals surface area (Å²) >= 11 is 0. The second kappa shape index (κ2) is 19.9. The molecule has 1 atom stereocenters. The Bertz CT molecular complexity index is 750. The first-order chi connectivity index (χ1) is 17.0. The van der Waals surface area contributed by atoms with E-state index in [0.29, 0.717) is 0 Å². The molecule has 0 saturated carbocycles. The van der Waals surface area contributed by atoms with Crippen LogP contribution in [-0.4, -0.2) is 50.4 Å². The fourth-order valence-electron chi connectivity index (χ4n) is 4.33. The smallest absolute Gasteiger partial charge is 0.137 e. The lowest BCUT2D eigenvalue weighted by Gasteiger charge is -2.38. The minimum atomic E-state index is 0.759. The Hall–Kier alpha value is -2.40. The van der Waals surface area contributed by atoms with E-state index in [2.05, 4.69) is 48.4 Å². The topological polar surface area (TPSA) is 62.0 Å². The van der Waals surface area contributed by atoms with Gasteiger partial charge < -0.3 is 25.4 Å². The summed E-state index contributed by atoms with van der Waals surface area (Å²) in [6, 6.07) is 6.58. The van der Waals surface area contributed by atoms with E-state index in [1.807, 2.05) is 39.0 Å². The third kappa shape index (κ3) is 11.3. The van der Waals surface area contributed by atoms with Gasteiger partial charge >= 0.3 is 0 Å². The number of benzene rings is 1. The van der Waals surface area contributed by atoms with E-state index in [4.69, 9.17) is 15.6 Å². The number of unbranched alkanes of at least 4 members (excludes halogenated alkanes) is 2. The predicted molar refractivity (Wildman–Crippen MR) is 155 cm³/mol. The largest absolute Gasteiger partial charge is 0.495 e. The molecule has 5 heteroatoms. The minimum absolute atomic E-state index is 0.759. The molecule has 1 aromatic carbocycles. The molecular weight excluding hydrogens is 434 g/mol. The number of hydrogen-bond donors (Lipinski definition) is 2. The van der Waals surface area contributed by atoms with Gasteiger partial charge in [0.2, 0.25) is 0 Å². The minimum Gasteiger partial charge on any atom is -0.495 e. The summed E-state index contributed by atoms with van der Waals surface area (Å²) in [5.74, 6) is 1.66. The molecule has 0 spiro atoms. The monoisotopic (exact) mass is 487 g/mol. The van der Waals surface area contributed by atoms with E-state index in [9.17, 15) is 0 Å². The Kier molecular flexibility index (Phi) is 18.5. The Morgan fingerprint density at radius 1 is 1.14 bits per heavy atom. The lowest BCUT2D eigenvalue weighted by molar-refractivity contribution is 0.247. The molecule has 0 bridgehead atoms. The van der Waals surface area contributed by atoms with Crippen LogP contribution in [0.4, 0.5) is 11.4 Å². The van der Waals surface area contributed by atoms with E-state index >= 15 is 0 Å². The number of aryl methyl sites for hydroxylation is 1. The van der Waals surface area contributed by atoms with Crippen molar-refractivity contribution >= 4 is 11.4 Å². The number of aliphatic hydroxyl groups excluding tert-OH is 1. The van der Waals surface area contributed by atoms with Crippen molar-refractivity contribution in [1.29, 1.82) is 0 Å². The van der Waals surface area contributed by atoms with Crippen LogP contribution in [0.15, 0.2) is 54.5 Å². The zero-order valence-corrected chi connectivity index (χ0v) is 23.6. The maximum Gasteiger partial charge on any atom is 0.137 e. The highest BCUT2D eigenvalue weighted by Crippen LogP contribution is 2.27. The maximum absolute atomic E-state index is 7.00. The zero-order valence-electron chi connectivity index (χ0n) is 23.6. The summed E-state index contributed by atoms with van der Waals surface area (Å²) in [6.07, 6.45) is 13.5. The third-order valence-electron chi connectivity index (χ3n) is 6.33. The van der Waals surface area contributed by atoms with Gasteiger partial charge in [-0.15, -0.1) is 0 Å². The van der Waals surface area contributed by atoms with Crippen LogP contribution in [0, 0.1) is 5.92 Å². The molecule has 5 nitrogen and oxygen atoms in total. The quantitative estimate of drug-likeness (QED) is 0.147. The van der Waals surface area contributed by atoms with E-state index in [1.54, 1.807) is 7.11 Å². The van der Waals surface area contributed by atoms with Gasteiger partial charge in [0.25, 0.3) is 0 Å².